The van der Waals surface area contributed by atoms with Gasteiger partial charge in [-0.25, -0.2) is 4.98 Å². The first-order chi connectivity index (χ1) is 11.6. The molecule has 0 bridgehead atoms. The number of aryl methyl sites for hydroxylation is 1. The zero-order valence-electron chi connectivity index (χ0n) is 15.6. The van der Waals surface area contributed by atoms with E-state index in [2.05, 4.69) is 20.5 Å². The van der Waals surface area contributed by atoms with Gasteiger partial charge < -0.3 is 16.3 Å². The van der Waals surface area contributed by atoms with Crippen molar-refractivity contribution in [2.24, 2.45) is 5.34 Å². The minimum Gasteiger partial charge on any atom is -1.00 e. The van der Waals surface area contributed by atoms with Crippen LogP contribution < -0.4 is 44.4 Å². The third-order valence-electron chi connectivity index (χ3n) is 3.31. The van der Waals surface area contributed by atoms with Gasteiger partial charge in [0, 0.05) is 19.0 Å². The van der Waals surface area contributed by atoms with Crippen molar-refractivity contribution in [1.29, 1.82) is 0 Å². The number of nitrogens with zero attached hydrogens (tertiary/aromatic N) is 2. The first kappa shape index (κ1) is 21.1. The Bertz CT molecular complexity index is 683. The van der Waals surface area contributed by atoms with E-state index in [9.17, 15) is 9.70 Å². The van der Waals surface area contributed by atoms with E-state index in [4.69, 9.17) is 4.74 Å². The van der Waals surface area contributed by atoms with E-state index in [0.717, 1.165) is 18.4 Å². The molecule has 0 aliphatic heterocycles. The maximum absolute atomic E-state index is 11.0. The van der Waals surface area contributed by atoms with Gasteiger partial charge in [-0.05, 0) is 43.5 Å². The second-order valence-corrected chi connectivity index (χ2v) is 5.38. The van der Waals surface area contributed by atoms with Gasteiger partial charge in [0.05, 0.1) is 6.20 Å². The van der Waals surface area contributed by atoms with Gasteiger partial charge in [0.2, 0.25) is 11.8 Å². The molecule has 0 saturated heterocycles. The van der Waals surface area contributed by atoms with E-state index in [1.165, 1.54) is 13.1 Å². The number of hydrogen-bond acceptors (Lipinski definition) is 6. The third-order valence-corrected chi connectivity index (χ3v) is 3.31. The van der Waals surface area contributed by atoms with Crippen molar-refractivity contribution in [3.05, 3.63) is 53.1 Å². The quantitative estimate of drug-likeness (QED) is 0.424. The molecule has 0 saturated carbocycles. The van der Waals surface area contributed by atoms with Crippen LogP contribution in [0.2, 0.25) is 0 Å². The molecule has 25 heavy (non-hydrogen) atoms. The molecule has 2 rings (SSSR count). The summed E-state index contributed by atoms with van der Waals surface area (Å²) in [5, 5.41) is 5.18. The van der Waals surface area contributed by atoms with E-state index in [1.54, 1.807) is 12.1 Å². The second kappa shape index (κ2) is 10.8. The number of ether oxygens (including phenoxy) is 1. The summed E-state index contributed by atoms with van der Waals surface area (Å²) in [6, 6.07) is 10.9. The molecule has 1 aromatic carbocycles. The number of rotatable bonds is 8. The van der Waals surface area contributed by atoms with E-state index in [-0.39, 0.29) is 48.7 Å². The number of pyridine rings is 1. The van der Waals surface area contributed by atoms with Crippen molar-refractivity contribution in [2.45, 2.75) is 32.7 Å². The molecule has 8 heteroatoms. The van der Waals surface area contributed by atoms with Gasteiger partial charge >= 0.3 is 29.6 Å². The molecule has 0 aliphatic rings. The van der Waals surface area contributed by atoms with Crippen LogP contribution in [0.4, 0.5) is 0 Å². The van der Waals surface area contributed by atoms with Crippen molar-refractivity contribution in [3.8, 4) is 17.4 Å². The number of aromatic nitrogens is 1. The van der Waals surface area contributed by atoms with Crippen LogP contribution in [0.1, 0.15) is 27.3 Å². The monoisotopic (exact) mass is 353 g/mol. The minimum atomic E-state index is -0.0147. The van der Waals surface area contributed by atoms with Crippen LogP contribution in [-0.2, 0) is 11.2 Å². The number of carbonyl (C=O) groups is 1. The van der Waals surface area contributed by atoms with E-state index in [0.29, 0.717) is 11.6 Å². The fraction of sp³-hybridized carbons (Fsp3) is 0.294. The number of hydrogen-bond donors (Lipinski definition) is 1. The summed E-state index contributed by atoms with van der Waals surface area (Å²) in [5.41, 5.74) is 1.16. The maximum Gasteiger partial charge on any atom is 1.00 e. The van der Waals surface area contributed by atoms with Crippen molar-refractivity contribution >= 4 is 5.91 Å². The van der Waals surface area contributed by atoms with Gasteiger partial charge in [0.1, 0.15) is 5.75 Å². The number of amides is 1. The van der Waals surface area contributed by atoms with E-state index < -0.39 is 0 Å². The minimum absolute atomic E-state index is 0. The topological polar surface area (TPSA) is 89.9 Å². The number of nitrogens with one attached hydrogen (secondary N) is 1. The molecule has 1 atom stereocenters. The molecule has 0 aliphatic carbocycles. The van der Waals surface area contributed by atoms with E-state index >= 15 is 0 Å². The molecule has 0 unspecified atom stereocenters. The second-order valence-electron chi connectivity index (χ2n) is 5.38. The van der Waals surface area contributed by atoms with E-state index in [1.807, 2.05) is 31.2 Å². The molecule has 1 N–H and O–H groups in total. The van der Waals surface area contributed by atoms with Crippen LogP contribution in [0, 0.1) is 4.91 Å². The molecule has 1 heterocycles. The van der Waals surface area contributed by atoms with Crippen LogP contribution >= 0.6 is 0 Å². The summed E-state index contributed by atoms with van der Waals surface area (Å²) in [6.45, 7) is 3.50. The Morgan fingerprint density at radius 1 is 1.24 bits per heavy atom. The zero-order chi connectivity index (χ0) is 17.4. The Hall–Kier alpha value is -1.96. The maximum atomic E-state index is 11.0. The average Bonchev–Trinajstić information content (AvgIpc) is 2.56. The Labute approximate surface area is 169 Å². The summed E-state index contributed by atoms with van der Waals surface area (Å²) in [7, 11) is 0. The van der Waals surface area contributed by atoms with Gasteiger partial charge in [0.15, 0.2) is 11.1 Å². The molecule has 2 aromatic rings. The Morgan fingerprint density at radius 2 is 1.92 bits per heavy atom. The van der Waals surface area contributed by atoms with Crippen LogP contribution in [0.15, 0.2) is 47.9 Å². The largest absolute Gasteiger partial charge is 1.00 e. The van der Waals surface area contributed by atoms with Gasteiger partial charge in [-0.3, -0.25) is 4.79 Å². The van der Waals surface area contributed by atoms with Gasteiger partial charge in [-0.1, -0.05) is 12.1 Å². The van der Waals surface area contributed by atoms with Crippen molar-refractivity contribution in [3.63, 3.8) is 0 Å². The van der Waals surface area contributed by atoms with Crippen molar-refractivity contribution in [2.75, 3.05) is 0 Å². The molecule has 0 spiro atoms. The standard InChI is InChI=1S/C17H19N3O4.Na.H/c1-12(19-13(2)21)3-4-14-5-7-15(8-6-14)23-17-10-9-16(11-18-17)24-20-22;;/h5-12H,3-4H2,1-2H3,(H,19,21);;/q;+1;-1/t12-;;/m0../s1. The number of carbonyl (C=O) groups excluding carboxylic acids is 1. The molecular formula is C17H20N3NaO4. The SMILES string of the molecule is CC(=O)N[C@@H](C)CCc1ccc(Oc2ccc(ON=O)cn2)cc1.[H-].[Na+]. The zero-order valence-corrected chi connectivity index (χ0v) is 16.6. The summed E-state index contributed by atoms with van der Waals surface area (Å²) in [6.07, 6.45) is 3.09. The third kappa shape index (κ3) is 7.64. The normalized spacial score (nSPS) is 11.0. The van der Waals surface area contributed by atoms with Crippen molar-refractivity contribution in [1.82, 2.24) is 10.3 Å². The predicted molar refractivity (Wildman–Crippen MR) is 89.9 cm³/mol. The molecule has 0 radical (unpaired) electrons. The van der Waals surface area contributed by atoms with Crippen molar-refractivity contribution < 1.29 is 45.4 Å². The molecule has 1 amide bonds. The van der Waals surface area contributed by atoms with Crippen LogP contribution in [0.5, 0.6) is 17.4 Å². The molecule has 1 aromatic heterocycles. The fourth-order valence-corrected chi connectivity index (χ4v) is 2.17. The number of benzene rings is 1. The molecular weight excluding hydrogens is 333 g/mol. The Balaban J connectivity index is 0.00000312. The molecule has 7 nitrogen and oxygen atoms in total. The van der Waals surface area contributed by atoms with Crippen LogP contribution in [0.25, 0.3) is 0 Å². The summed E-state index contributed by atoms with van der Waals surface area (Å²) in [4.78, 5) is 29.4. The van der Waals surface area contributed by atoms with Gasteiger partial charge in [-0.2, -0.15) is 0 Å². The van der Waals surface area contributed by atoms with Gasteiger partial charge in [-0.15, -0.1) is 4.91 Å². The van der Waals surface area contributed by atoms with Crippen LogP contribution in [-0.4, -0.2) is 16.9 Å². The predicted octanol–water partition coefficient (Wildman–Crippen LogP) is 0.508. The summed E-state index contributed by atoms with van der Waals surface area (Å²) in [5.74, 6) is 1.28. The Morgan fingerprint density at radius 3 is 2.48 bits per heavy atom. The van der Waals surface area contributed by atoms with Gasteiger partial charge in [0.25, 0.3) is 0 Å². The fourth-order valence-electron chi connectivity index (χ4n) is 2.17. The summed E-state index contributed by atoms with van der Waals surface area (Å²) < 4.78 is 5.61. The Kier molecular flexibility index (Phi) is 9.12. The first-order valence-electron chi connectivity index (χ1n) is 7.56. The molecule has 128 valence electrons. The summed E-state index contributed by atoms with van der Waals surface area (Å²) >= 11 is 0. The molecule has 0 fully saturated rings. The first-order valence-corrected chi connectivity index (χ1v) is 7.56. The smallest absolute Gasteiger partial charge is 1.00 e. The average molecular weight is 353 g/mol. The van der Waals surface area contributed by atoms with Crippen LogP contribution in [0.3, 0.4) is 0 Å².